The second-order valence-electron chi connectivity index (χ2n) is 9.64. The van der Waals surface area contributed by atoms with Gasteiger partial charge in [-0.2, -0.15) is 0 Å². The maximum Gasteiger partial charge on any atom is 0.248 e. The van der Waals surface area contributed by atoms with Gasteiger partial charge in [0.1, 0.15) is 29.8 Å². The standard InChI is InChI=1S/C27H27ClFN5O4/c28-21-8-16(3-4-22(21)29)32-27-20-10-24(25(11-23(20)30-15-31-27)38-18-5-7-36-14-18)33-26(35)2-1-6-34-12-19-9-17(34)13-37-19/h1-4,8,10-11,15,17-19H,5-7,9,12-14H2,(H,33,35)(H,30,31,32)/t17-,18?,19-/m0/s1. The Morgan fingerprint density at radius 2 is 2.18 bits per heavy atom. The molecule has 3 aliphatic rings. The van der Waals surface area contributed by atoms with Gasteiger partial charge < -0.3 is 24.8 Å². The average Bonchev–Trinajstić information content (AvgIpc) is 3.66. The van der Waals surface area contributed by atoms with Gasteiger partial charge in [-0.15, -0.1) is 0 Å². The van der Waals surface area contributed by atoms with Gasteiger partial charge in [0.05, 0.1) is 42.2 Å². The van der Waals surface area contributed by atoms with Crippen molar-refractivity contribution >= 4 is 45.6 Å². The SMILES string of the molecule is O=C(C=CCN1C[C@@H]2C[C@H]1CO2)Nc1cc2c(Nc3ccc(F)c(Cl)c3)ncnc2cc1OC1CCOC1. The van der Waals surface area contributed by atoms with Crippen LogP contribution in [0.1, 0.15) is 12.8 Å². The molecular formula is C27H27ClFN5O4. The number of hydrogen-bond acceptors (Lipinski definition) is 8. The molecule has 3 aromatic rings. The maximum absolute atomic E-state index is 13.6. The molecule has 4 heterocycles. The summed E-state index contributed by atoms with van der Waals surface area (Å²) in [6.45, 7) is 3.46. The van der Waals surface area contributed by atoms with Crippen molar-refractivity contribution in [2.24, 2.45) is 0 Å². The van der Waals surface area contributed by atoms with Gasteiger partial charge >= 0.3 is 0 Å². The first kappa shape index (κ1) is 25.0. The van der Waals surface area contributed by atoms with Crippen molar-refractivity contribution in [3.05, 3.63) is 59.7 Å². The molecule has 2 bridgehead atoms. The Kier molecular flexibility index (Phi) is 7.12. The van der Waals surface area contributed by atoms with Crippen molar-refractivity contribution in [1.82, 2.24) is 14.9 Å². The Balaban J connectivity index is 1.25. The molecule has 0 spiro atoms. The minimum absolute atomic E-state index is 0.00291. The Morgan fingerprint density at radius 1 is 1.26 bits per heavy atom. The highest BCUT2D eigenvalue weighted by atomic mass is 35.5. The van der Waals surface area contributed by atoms with E-state index in [2.05, 4.69) is 25.5 Å². The van der Waals surface area contributed by atoms with Gasteiger partial charge in [0.2, 0.25) is 5.91 Å². The van der Waals surface area contributed by atoms with E-state index in [-0.39, 0.29) is 17.0 Å². The van der Waals surface area contributed by atoms with E-state index in [9.17, 15) is 9.18 Å². The number of rotatable bonds is 8. The molecule has 6 rings (SSSR count). The van der Waals surface area contributed by atoms with E-state index in [1.54, 1.807) is 24.3 Å². The number of halogens is 2. The van der Waals surface area contributed by atoms with Crippen LogP contribution in [-0.2, 0) is 14.3 Å². The smallest absolute Gasteiger partial charge is 0.248 e. The van der Waals surface area contributed by atoms with Gasteiger partial charge in [0.15, 0.2) is 0 Å². The summed E-state index contributed by atoms with van der Waals surface area (Å²) in [6.07, 6.45) is 6.86. The molecule has 38 heavy (non-hydrogen) atoms. The first-order valence-corrected chi connectivity index (χ1v) is 13.0. The fourth-order valence-corrected chi connectivity index (χ4v) is 5.23. The second-order valence-corrected chi connectivity index (χ2v) is 10.0. The summed E-state index contributed by atoms with van der Waals surface area (Å²) >= 11 is 5.95. The Hall–Kier alpha value is -3.31. The van der Waals surface area contributed by atoms with E-state index in [0.29, 0.717) is 65.7 Å². The van der Waals surface area contributed by atoms with Gasteiger partial charge in [0.25, 0.3) is 0 Å². The molecule has 3 aliphatic heterocycles. The summed E-state index contributed by atoms with van der Waals surface area (Å²) in [4.78, 5) is 24.0. The Morgan fingerprint density at radius 3 is 2.95 bits per heavy atom. The number of morpholine rings is 1. The molecule has 3 fully saturated rings. The lowest BCUT2D eigenvalue weighted by atomic mass is 10.1. The van der Waals surface area contributed by atoms with Crippen LogP contribution in [-0.4, -0.2) is 71.9 Å². The molecule has 1 aromatic heterocycles. The summed E-state index contributed by atoms with van der Waals surface area (Å²) in [7, 11) is 0. The van der Waals surface area contributed by atoms with Crippen molar-refractivity contribution in [3.8, 4) is 5.75 Å². The summed E-state index contributed by atoms with van der Waals surface area (Å²) in [5.41, 5.74) is 1.67. The number of carbonyl (C=O) groups is 1. The fraction of sp³-hybridized carbons (Fsp3) is 0.370. The van der Waals surface area contributed by atoms with Crippen LogP contribution in [0.4, 0.5) is 21.6 Å². The third-order valence-electron chi connectivity index (χ3n) is 6.98. The highest BCUT2D eigenvalue weighted by Crippen LogP contribution is 2.35. The van der Waals surface area contributed by atoms with Gasteiger partial charge in [0, 0.05) is 48.8 Å². The zero-order valence-corrected chi connectivity index (χ0v) is 21.3. The zero-order valence-electron chi connectivity index (χ0n) is 20.5. The van der Waals surface area contributed by atoms with Crippen molar-refractivity contribution in [3.63, 3.8) is 0 Å². The van der Waals surface area contributed by atoms with E-state index in [4.69, 9.17) is 25.8 Å². The largest absolute Gasteiger partial charge is 0.486 e. The van der Waals surface area contributed by atoms with E-state index >= 15 is 0 Å². The highest BCUT2D eigenvalue weighted by Gasteiger charge is 2.38. The maximum atomic E-state index is 13.6. The highest BCUT2D eigenvalue weighted by molar-refractivity contribution is 6.31. The molecule has 1 unspecified atom stereocenters. The third kappa shape index (κ3) is 5.44. The van der Waals surface area contributed by atoms with E-state index in [1.165, 1.54) is 18.5 Å². The number of nitrogens with zero attached hydrogens (tertiary/aromatic N) is 3. The number of ether oxygens (including phenoxy) is 3. The van der Waals surface area contributed by atoms with Crippen LogP contribution in [0.15, 0.2) is 48.8 Å². The third-order valence-corrected chi connectivity index (χ3v) is 7.27. The topological polar surface area (TPSA) is 97.8 Å². The van der Waals surface area contributed by atoms with Crippen LogP contribution in [0.2, 0.25) is 5.02 Å². The van der Waals surface area contributed by atoms with Crippen LogP contribution in [0.3, 0.4) is 0 Å². The molecule has 11 heteroatoms. The predicted octanol–water partition coefficient (Wildman–Crippen LogP) is 4.30. The number of amides is 1. The van der Waals surface area contributed by atoms with Gasteiger partial charge in [-0.25, -0.2) is 14.4 Å². The lowest BCUT2D eigenvalue weighted by Crippen LogP contribution is -2.36. The van der Waals surface area contributed by atoms with Crippen LogP contribution < -0.4 is 15.4 Å². The van der Waals surface area contributed by atoms with E-state index in [1.807, 2.05) is 6.08 Å². The number of likely N-dealkylation sites (tertiary alicyclic amines) is 1. The molecule has 1 amide bonds. The monoisotopic (exact) mass is 539 g/mol. The first-order chi connectivity index (χ1) is 18.5. The molecular weight excluding hydrogens is 513 g/mol. The van der Waals surface area contributed by atoms with Gasteiger partial charge in [-0.1, -0.05) is 17.7 Å². The van der Waals surface area contributed by atoms with E-state index < -0.39 is 5.82 Å². The number of aromatic nitrogens is 2. The molecule has 2 N–H and O–H groups in total. The fourth-order valence-electron chi connectivity index (χ4n) is 5.05. The van der Waals surface area contributed by atoms with Gasteiger partial charge in [-0.3, -0.25) is 9.69 Å². The summed E-state index contributed by atoms with van der Waals surface area (Å²) in [6, 6.07) is 8.31. The first-order valence-electron chi connectivity index (χ1n) is 12.6. The lowest BCUT2D eigenvalue weighted by Gasteiger charge is -2.25. The van der Waals surface area contributed by atoms with Crippen molar-refractivity contribution in [1.29, 1.82) is 0 Å². The zero-order chi connectivity index (χ0) is 26.1. The van der Waals surface area contributed by atoms with Crippen LogP contribution in [0.25, 0.3) is 10.9 Å². The van der Waals surface area contributed by atoms with Gasteiger partial charge in [-0.05, 0) is 30.7 Å². The molecule has 9 nitrogen and oxygen atoms in total. The minimum atomic E-state index is -0.508. The van der Waals surface area contributed by atoms with E-state index in [0.717, 1.165) is 26.0 Å². The number of anilines is 3. The number of hydrogen-bond donors (Lipinski definition) is 2. The van der Waals surface area contributed by atoms with Crippen LogP contribution >= 0.6 is 11.6 Å². The molecule has 198 valence electrons. The molecule has 0 saturated carbocycles. The normalized spacial score (nSPS) is 22.9. The molecule has 0 radical (unpaired) electrons. The Bertz CT molecular complexity index is 1380. The molecule has 0 aliphatic carbocycles. The number of nitrogens with one attached hydrogen (secondary N) is 2. The van der Waals surface area contributed by atoms with Crippen LogP contribution in [0.5, 0.6) is 5.75 Å². The number of fused-ring (bicyclic) bond motifs is 3. The summed E-state index contributed by atoms with van der Waals surface area (Å²) in [5.74, 6) is 0.198. The second kappa shape index (κ2) is 10.8. The summed E-state index contributed by atoms with van der Waals surface area (Å²) < 4.78 is 30.9. The average molecular weight is 540 g/mol. The number of benzene rings is 2. The molecule has 3 saturated heterocycles. The molecule has 2 aromatic carbocycles. The molecule has 3 atom stereocenters. The lowest BCUT2D eigenvalue weighted by molar-refractivity contribution is -0.111. The summed E-state index contributed by atoms with van der Waals surface area (Å²) in [5, 5.41) is 6.76. The van der Waals surface area contributed by atoms with Crippen molar-refractivity contribution < 1.29 is 23.4 Å². The predicted molar refractivity (Wildman–Crippen MR) is 142 cm³/mol. The Labute approximate surface area is 223 Å². The van der Waals surface area contributed by atoms with Crippen molar-refractivity contribution in [2.45, 2.75) is 31.1 Å². The quantitative estimate of drug-likeness (QED) is 0.409. The minimum Gasteiger partial charge on any atom is -0.486 e. The van der Waals surface area contributed by atoms with Crippen molar-refractivity contribution in [2.75, 3.05) is 43.5 Å². The number of carbonyl (C=O) groups excluding carboxylic acids is 1. The van der Waals surface area contributed by atoms with Crippen LogP contribution in [0, 0.1) is 5.82 Å².